The Labute approximate surface area is 124 Å². The topological polar surface area (TPSA) is 20.3 Å². The van der Waals surface area contributed by atoms with Crippen molar-refractivity contribution in [3.05, 3.63) is 31.8 Å². The van der Waals surface area contributed by atoms with Gasteiger partial charge in [-0.25, -0.2) is 0 Å². The van der Waals surface area contributed by atoms with Crippen LogP contribution in [0.3, 0.4) is 0 Å². The summed E-state index contributed by atoms with van der Waals surface area (Å²) in [6.45, 7) is 0.886. The molecule has 0 aromatic heterocycles. The highest BCUT2D eigenvalue weighted by Gasteiger charge is 2.22. The van der Waals surface area contributed by atoms with Crippen molar-refractivity contribution >= 4 is 44.4 Å². The molecule has 0 N–H and O–H groups in total. The normalized spacial score (nSPS) is 15.5. The van der Waals surface area contributed by atoms with Crippen LogP contribution in [0.4, 0.5) is 0 Å². The lowest BCUT2D eigenvalue weighted by atomic mass is 9.85. The predicted molar refractivity (Wildman–Crippen MR) is 81.2 cm³/mol. The van der Waals surface area contributed by atoms with Gasteiger partial charge in [-0.1, -0.05) is 6.42 Å². The van der Waals surface area contributed by atoms with Gasteiger partial charge >= 0.3 is 0 Å². The molecule has 1 aromatic carbocycles. The Kier molecular flexibility index (Phi) is 4.47. The highest BCUT2D eigenvalue weighted by atomic mass is 127. The van der Waals surface area contributed by atoms with Gasteiger partial charge in [0.2, 0.25) is 0 Å². The molecule has 0 heterocycles. The number of nitrogens with zero attached hydrogens (tertiary/aromatic N) is 1. The molecule has 92 valence electrons. The van der Waals surface area contributed by atoms with Gasteiger partial charge in [-0.3, -0.25) is 4.79 Å². The van der Waals surface area contributed by atoms with Gasteiger partial charge in [-0.05, 0) is 75.5 Å². The molecule has 0 atom stereocenters. The van der Waals surface area contributed by atoms with E-state index in [1.807, 2.05) is 30.1 Å². The minimum Gasteiger partial charge on any atom is -0.341 e. The summed E-state index contributed by atoms with van der Waals surface area (Å²) in [5.74, 6) is 0.827. The third-order valence-corrected chi connectivity index (χ3v) is 4.62. The lowest BCUT2D eigenvalue weighted by Crippen LogP contribution is -2.34. The summed E-state index contributed by atoms with van der Waals surface area (Å²) in [6, 6.07) is 5.86. The predicted octanol–water partition coefficient (Wildman–Crippen LogP) is 3.93. The smallest absolute Gasteiger partial charge is 0.254 e. The molecule has 2 rings (SSSR count). The molecule has 0 radical (unpaired) electrons. The standard InChI is InChI=1S/C13H15BrINO/c1-16(8-9-3-2-4-9)13(17)11-7-10(15)5-6-12(11)14/h5-7,9H,2-4,8H2,1H3. The van der Waals surface area contributed by atoms with Gasteiger partial charge in [-0.15, -0.1) is 0 Å². The number of benzene rings is 1. The molecule has 2 nitrogen and oxygen atoms in total. The molecule has 4 heteroatoms. The van der Waals surface area contributed by atoms with Crippen molar-refractivity contribution in [2.24, 2.45) is 5.92 Å². The minimum atomic E-state index is 0.113. The van der Waals surface area contributed by atoms with Crippen LogP contribution in [-0.2, 0) is 0 Å². The number of hydrogen-bond donors (Lipinski definition) is 0. The summed E-state index contributed by atoms with van der Waals surface area (Å²) in [5.41, 5.74) is 0.763. The van der Waals surface area contributed by atoms with Gasteiger partial charge in [0.25, 0.3) is 5.91 Å². The van der Waals surface area contributed by atoms with E-state index in [9.17, 15) is 4.79 Å². The number of hydrogen-bond acceptors (Lipinski definition) is 1. The fraction of sp³-hybridized carbons (Fsp3) is 0.462. The average Bonchev–Trinajstić information content (AvgIpc) is 2.25. The van der Waals surface area contributed by atoms with Crippen LogP contribution in [0, 0.1) is 9.49 Å². The summed E-state index contributed by atoms with van der Waals surface area (Å²) >= 11 is 5.68. The van der Waals surface area contributed by atoms with Gasteiger partial charge in [0.15, 0.2) is 0 Å². The van der Waals surface area contributed by atoms with Crippen LogP contribution >= 0.6 is 38.5 Å². The molecule has 1 aliphatic rings. The molecule has 1 aromatic rings. The molecule has 17 heavy (non-hydrogen) atoms. The van der Waals surface area contributed by atoms with E-state index in [2.05, 4.69) is 38.5 Å². The van der Waals surface area contributed by atoms with Crippen LogP contribution in [0.25, 0.3) is 0 Å². The van der Waals surface area contributed by atoms with Crippen LogP contribution in [0.1, 0.15) is 29.6 Å². The van der Waals surface area contributed by atoms with Gasteiger partial charge in [0.1, 0.15) is 0 Å². The zero-order chi connectivity index (χ0) is 12.4. The van der Waals surface area contributed by atoms with Gasteiger partial charge in [0.05, 0.1) is 5.56 Å². The molecule has 1 amide bonds. The van der Waals surface area contributed by atoms with Crippen molar-refractivity contribution in [2.45, 2.75) is 19.3 Å². The molecule has 0 bridgehead atoms. The molecule has 1 fully saturated rings. The molecular weight excluding hydrogens is 393 g/mol. The molecule has 0 spiro atoms. The maximum absolute atomic E-state index is 12.3. The Morgan fingerprint density at radius 1 is 1.53 bits per heavy atom. The monoisotopic (exact) mass is 407 g/mol. The highest BCUT2D eigenvalue weighted by Crippen LogP contribution is 2.28. The quantitative estimate of drug-likeness (QED) is 0.695. The lowest BCUT2D eigenvalue weighted by Gasteiger charge is -2.30. The second-order valence-electron chi connectivity index (χ2n) is 4.61. The molecule has 0 unspecified atom stereocenters. The van der Waals surface area contributed by atoms with Crippen LogP contribution < -0.4 is 0 Å². The summed E-state index contributed by atoms with van der Waals surface area (Å²) < 4.78 is 1.97. The number of carbonyl (C=O) groups is 1. The van der Waals surface area contributed by atoms with Gasteiger partial charge in [0, 0.05) is 21.6 Å². The summed E-state index contributed by atoms with van der Waals surface area (Å²) in [4.78, 5) is 14.1. The number of rotatable bonds is 3. The second-order valence-corrected chi connectivity index (χ2v) is 6.71. The van der Waals surface area contributed by atoms with Crippen molar-refractivity contribution in [3.8, 4) is 0 Å². The van der Waals surface area contributed by atoms with E-state index in [1.165, 1.54) is 19.3 Å². The highest BCUT2D eigenvalue weighted by molar-refractivity contribution is 14.1. The van der Waals surface area contributed by atoms with Crippen molar-refractivity contribution in [2.75, 3.05) is 13.6 Å². The molecule has 0 aliphatic heterocycles. The number of halogens is 2. The number of carbonyl (C=O) groups excluding carboxylic acids is 1. The molecule has 1 saturated carbocycles. The second kappa shape index (κ2) is 5.69. The number of amides is 1. The first-order chi connectivity index (χ1) is 8.08. The maximum atomic E-state index is 12.3. The van der Waals surface area contributed by atoms with E-state index in [4.69, 9.17) is 0 Å². The summed E-state index contributed by atoms with van der Waals surface area (Å²) in [5, 5.41) is 0. The first-order valence-electron chi connectivity index (χ1n) is 5.78. The van der Waals surface area contributed by atoms with Crippen molar-refractivity contribution < 1.29 is 4.79 Å². The maximum Gasteiger partial charge on any atom is 0.254 e. The van der Waals surface area contributed by atoms with E-state index < -0.39 is 0 Å². The molecule has 0 saturated heterocycles. The van der Waals surface area contributed by atoms with E-state index in [0.717, 1.165) is 20.2 Å². The average molecular weight is 408 g/mol. The van der Waals surface area contributed by atoms with Gasteiger partial charge in [-0.2, -0.15) is 0 Å². The summed E-state index contributed by atoms with van der Waals surface area (Å²) in [6.07, 6.45) is 3.86. The first-order valence-corrected chi connectivity index (χ1v) is 7.65. The first kappa shape index (κ1) is 13.3. The lowest BCUT2D eigenvalue weighted by molar-refractivity contribution is 0.0744. The van der Waals surface area contributed by atoms with E-state index in [-0.39, 0.29) is 5.91 Å². The van der Waals surface area contributed by atoms with Crippen LogP contribution in [0.15, 0.2) is 22.7 Å². The van der Waals surface area contributed by atoms with Crippen molar-refractivity contribution in [3.63, 3.8) is 0 Å². The van der Waals surface area contributed by atoms with Crippen molar-refractivity contribution in [1.29, 1.82) is 0 Å². The van der Waals surface area contributed by atoms with Crippen LogP contribution in [-0.4, -0.2) is 24.4 Å². The van der Waals surface area contributed by atoms with E-state index in [1.54, 1.807) is 0 Å². The Hall–Kier alpha value is -0.100. The van der Waals surface area contributed by atoms with Crippen LogP contribution in [0.5, 0.6) is 0 Å². The summed E-state index contributed by atoms with van der Waals surface area (Å²) in [7, 11) is 1.90. The zero-order valence-electron chi connectivity index (χ0n) is 9.75. The Balaban J connectivity index is 2.09. The van der Waals surface area contributed by atoms with E-state index in [0.29, 0.717) is 5.92 Å². The molecule has 1 aliphatic carbocycles. The Morgan fingerprint density at radius 2 is 2.24 bits per heavy atom. The fourth-order valence-corrected chi connectivity index (χ4v) is 2.92. The third-order valence-electron chi connectivity index (χ3n) is 3.26. The largest absolute Gasteiger partial charge is 0.341 e. The van der Waals surface area contributed by atoms with Gasteiger partial charge < -0.3 is 4.90 Å². The Bertz CT molecular complexity index is 431. The van der Waals surface area contributed by atoms with Crippen molar-refractivity contribution in [1.82, 2.24) is 4.90 Å². The van der Waals surface area contributed by atoms with Crippen LogP contribution in [0.2, 0.25) is 0 Å². The molecular formula is C13H15BrINO. The fourth-order valence-electron chi connectivity index (χ4n) is 2.01. The van der Waals surface area contributed by atoms with E-state index >= 15 is 0 Å². The SMILES string of the molecule is CN(CC1CCC1)C(=O)c1cc(I)ccc1Br. The Morgan fingerprint density at radius 3 is 2.82 bits per heavy atom. The third kappa shape index (κ3) is 3.22. The zero-order valence-corrected chi connectivity index (χ0v) is 13.5. The minimum absolute atomic E-state index is 0.113.